The van der Waals surface area contributed by atoms with Gasteiger partial charge in [-0.15, -0.1) is 0 Å². The van der Waals surface area contributed by atoms with Gasteiger partial charge in [0.25, 0.3) is 5.56 Å². The third-order valence-corrected chi connectivity index (χ3v) is 2.93. The molecular weight excluding hydrogens is 268 g/mol. The number of aryl methyl sites for hydroxylation is 1. The lowest BCUT2D eigenvalue weighted by molar-refractivity contribution is 0.0961. The second kappa shape index (κ2) is 8.11. The molecule has 0 unspecified atom stereocenters. The molecule has 2 aromatic rings. The van der Waals surface area contributed by atoms with Crippen LogP contribution < -0.4 is 16.0 Å². The standard InChI is InChI=1S/C16H20N2O3/c17-14-7-8-16(19)18(13-14)9-4-10-20-11-12-21-15-5-2-1-3-6-15/h1-3,5-8,13H,4,9-12,17H2. The zero-order chi connectivity index (χ0) is 14.9. The summed E-state index contributed by atoms with van der Waals surface area (Å²) in [6.45, 7) is 2.23. The molecule has 0 aliphatic rings. The highest BCUT2D eigenvalue weighted by Crippen LogP contribution is 2.07. The Morgan fingerprint density at radius 2 is 1.81 bits per heavy atom. The first-order chi connectivity index (χ1) is 10.3. The molecule has 21 heavy (non-hydrogen) atoms. The summed E-state index contributed by atoms with van der Waals surface area (Å²) in [7, 11) is 0. The van der Waals surface area contributed by atoms with E-state index in [1.54, 1.807) is 16.8 Å². The maximum Gasteiger partial charge on any atom is 0.250 e. The maximum absolute atomic E-state index is 11.5. The Morgan fingerprint density at radius 1 is 1.00 bits per heavy atom. The number of nitrogen functional groups attached to an aromatic ring is 1. The first-order valence-corrected chi connectivity index (χ1v) is 6.97. The summed E-state index contributed by atoms with van der Waals surface area (Å²) < 4.78 is 12.6. The molecule has 0 atom stereocenters. The molecule has 0 fully saturated rings. The van der Waals surface area contributed by atoms with Crippen LogP contribution >= 0.6 is 0 Å². The van der Waals surface area contributed by atoms with Crippen molar-refractivity contribution >= 4 is 5.69 Å². The quantitative estimate of drug-likeness (QED) is 0.754. The Balaban J connectivity index is 1.58. The first-order valence-electron chi connectivity index (χ1n) is 6.97. The van der Waals surface area contributed by atoms with Crippen LogP contribution in [-0.4, -0.2) is 24.4 Å². The summed E-state index contributed by atoms with van der Waals surface area (Å²) in [4.78, 5) is 11.5. The molecule has 0 saturated carbocycles. The van der Waals surface area contributed by atoms with Crippen LogP contribution in [0.3, 0.4) is 0 Å². The molecule has 0 aliphatic heterocycles. The van der Waals surface area contributed by atoms with Crippen LogP contribution in [0.2, 0.25) is 0 Å². The molecule has 2 rings (SSSR count). The number of ether oxygens (including phenoxy) is 2. The average molecular weight is 288 g/mol. The molecular formula is C16H20N2O3. The van der Waals surface area contributed by atoms with E-state index in [1.165, 1.54) is 6.07 Å². The van der Waals surface area contributed by atoms with Gasteiger partial charge in [-0.2, -0.15) is 0 Å². The maximum atomic E-state index is 11.5. The number of anilines is 1. The van der Waals surface area contributed by atoms with Crippen LogP contribution in [0.15, 0.2) is 53.5 Å². The van der Waals surface area contributed by atoms with Crippen LogP contribution in [0, 0.1) is 0 Å². The van der Waals surface area contributed by atoms with Crippen molar-refractivity contribution in [3.63, 3.8) is 0 Å². The Labute approximate surface area is 123 Å². The molecule has 5 heteroatoms. The van der Waals surface area contributed by atoms with E-state index in [2.05, 4.69) is 0 Å². The van der Waals surface area contributed by atoms with Crippen LogP contribution in [0.4, 0.5) is 5.69 Å². The first kappa shape index (κ1) is 15.1. The highest BCUT2D eigenvalue weighted by atomic mass is 16.5. The van der Waals surface area contributed by atoms with E-state index in [9.17, 15) is 4.79 Å². The van der Waals surface area contributed by atoms with Crippen molar-refractivity contribution in [2.45, 2.75) is 13.0 Å². The highest BCUT2D eigenvalue weighted by Gasteiger charge is 1.97. The van der Waals surface area contributed by atoms with Crippen LogP contribution in [0.1, 0.15) is 6.42 Å². The second-order valence-electron chi connectivity index (χ2n) is 4.62. The molecule has 112 valence electrons. The normalized spacial score (nSPS) is 10.5. The smallest absolute Gasteiger partial charge is 0.250 e. The monoisotopic (exact) mass is 288 g/mol. The SMILES string of the molecule is Nc1ccc(=O)n(CCCOCCOc2ccccc2)c1. The van der Waals surface area contributed by atoms with Crippen LogP contribution in [0.5, 0.6) is 5.75 Å². The summed E-state index contributed by atoms with van der Waals surface area (Å²) >= 11 is 0. The van der Waals surface area contributed by atoms with Gasteiger partial charge in [0.1, 0.15) is 12.4 Å². The lowest BCUT2D eigenvalue weighted by Gasteiger charge is -2.08. The summed E-state index contributed by atoms with van der Waals surface area (Å²) in [5.74, 6) is 0.840. The lowest BCUT2D eigenvalue weighted by atomic mass is 10.3. The molecule has 1 heterocycles. The van der Waals surface area contributed by atoms with Crippen molar-refractivity contribution in [3.05, 3.63) is 59.0 Å². The van der Waals surface area contributed by atoms with Crippen molar-refractivity contribution in [2.75, 3.05) is 25.6 Å². The fourth-order valence-corrected chi connectivity index (χ4v) is 1.90. The van der Waals surface area contributed by atoms with Gasteiger partial charge < -0.3 is 19.8 Å². The summed E-state index contributed by atoms with van der Waals surface area (Å²) in [5.41, 5.74) is 6.19. The van der Waals surface area contributed by atoms with E-state index in [1.807, 2.05) is 30.3 Å². The Bertz CT molecular complexity index is 596. The largest absolute Gasteiger partial charge is 0.491 e. The Morgan fingerprint density at radius 3 is 2.62 bits per heavy atom. The molecule has 0 aliphatic carbocycles. The molecule has 0 radical (unpaired) electrons. The number of nitrogens with two attached hydrogens (primary N) is 1. The van der Waals surface area contributed by atoms with Gasteiger partial charge >= 0.3 is 0 Å². The van der Waals surface area contributed by atoms with Gasteiger partial charge in [0, 0.05) is 31.1 Å². The number of hydrogen-bond donors (Lipinski definition) is 1. The molecule has 0 bridgehead atoms. The number of hydrogen-bond acceptors (Lipinski definition) is 4. The van der Waals surface area contributed by atoms with E-state index in [0.717, 1.165) is 12.2 Å². The molecule has 1 aromatic heterocycles. The average Bonchev–Trinajstić information content (AvgIpc) is 2.50. The fourth-order valence-electron chi connectivity index (χ4n) is 1.90. The summed E-state index contributed by atoms with van der Waals surface area (Å²) in [6, 6.07) is 12.7. The van der Waals surface area contributed by atoms with Crippen molar-refractivity contribution < 1.29 is 9.47 Å². The third-order valence-electron chi connectivity index (χ3n) is 2.93. The number of rotatable bonds is 8. The minimum absolute atomic E-state index is 0.0448. The second-order valence-corrected chi connectivity index (χ2v) is 4.62. The number of para-hydroxylation sites is 1. The van der Waals surface area contributed by atoms with Gasteiger partial charge in [-0.3, -0.25) is 4.79 Å². The van der Waals surface area contributed by atoms with Gasteiger partial charge in [0.15, 0.2) is 0 Å². The Hall–Kier alpha value is -2.27. The predicted octanol–water partition coefficient (Wildman–Crippen LogP) is 1.92. The topological polar surface area (TPSA) is 66.5 Å². The molecule has 5 nitrogen and oxygen atoms in total. The molecule has 0 amide bonds. The van der Waals surface area contributed by atoms with Crippen LogP contribution in [-0.2, 0) is 11.3 Å². The number of pyridine rings is 1. The molecule has 0 saturated heterocycles. The third kappa shape index (κ3) is 5.31. The molecule has 2 N–H and O–H groups in total. The summed E-state index contributed by atoms with van der Waals surface area (Å²) in [5, 5.41) is 0. The van der Waals surface area contributed by atoms with Crippen molar-refractivity contribution in [2.24, 2.45) is 0 Å². The number of benzene rings is 1. The number of nitrogens with zero attached hydrogens (tertiary/aromatic N) is 1. The molecule has 1 aromatic carbocycles. The highest BCUT2D eigenvalue weighted by molar-refractivity contribution is 5.33. The van der Waals surface area contributed by atoms with Gasteiger partial charge in [-0.25, -0.2) is 0 Å². The minimum Gasteiger partial charge on any atom is -0.491 e. The van der Waals surface area contributed by atoms with Crippen LogP contribution in [0.25, 0.3) is 0 Å². The van der Waals surface area contributed by atoms with E-state index in [-0.39, 0.29) is 5.56 Å². The zero-order valence-electron chi connectivity index (χ0n) is 11.9. The minimum atomic E-state index is -0.0448. The fraction of sp³-hybridized carbons (Fsp3) is 0.312. The van der Waals surface area contributed by atoms with Gasteiger partial charge in [0.05, 0.1) is 6.61 Å². The predicted molar refractivity (Wildman–Crippen MR) is 82.5 cm³/mol. The molecule has 0 spiro atoms. The van der Waals surface area contributed by atoms with E-state index >= 15 is 0 Å². The van der Waals surface area contributed by atoms with E-state index in [0.29, 0.717) is 32.1 Å². The van der Waals surface area contributed by atoms with E-state index < -0.39 is 0 Å². The van der Waals surface area contributed by atoms with Gasteiger partial charge in [-0.05, 0) is 24.6 Å². The van der Waals surface area contributed by atoms with E-state index in [4.69, 9.17) is 15.2 Å². The zero-order valence-corrected chi connectivity index (χ0v) is 11.9. The van der Waals surface area contributed by atoms with Gasteiger partial charge in [-0.1, -0.05) is 18.2 Å². The van der Waals surface area contributed by atoms with Crippen molar-refractivity contribution in [3.8, 4) is 5.75 Å². The number of aromatic nitrogens is 1. The summed E-state index contributed by atoms with van der Waals surface area (Å²) in [6.07, 6.45) is 2.41. The van der Waals surface area contributed by atoms with Gasteiger partial charge in [0.2, 0.25) is 0 Å². The Kier molecular flexibility index (Phi) is 5.84. The lowest BCUT2D eigenvalue weighted by Crippen LogP contribution is -2.20. The van der Waals surface area contributed by atoms with Crippen molar-refractivity contribution in [1.82, 2.24) is 4.57 Å². The van der Waals surface area contributed by atoms with Crippen molar-refractivity contribution in [1.29, 1.82) is 0 Å².